The highest BCUT2D eigenvalue weighted by molar-refractivity contribution is 5.51. The Hall–Kier alpha value is -2.42. The standard InChI is InChI=1S/C16H15NO2/c1-3-7-14(8-4-1)11-17(16-12-18-13-19-16)15-9-5-2-6-10-15/h1-10,12H,11,13H2. The third kappa shape index (κ3) is 2.71. The number of para-hydroxylation sites is 1. The third-order valence-electron chi connectivity index (χ3n) is 2.98. The van der Waals surface area contributed by atoms with Gasteiger partial charge in [0.2, 0.25) is 12.7 Å². The summed E-state index contributed by atoms with van der Waals surface area (Å²) in [6.07, 6.45) is 1.66. The zero-order chi connectivity index (χ0) is 12.9. The minimum Gasteiger partial charge on any atom is -0.459 e. The van der Waals surface area contributed by atoms with E-state index >= 15 is 0 Å². The van der Waals surface area contributed by atoms with Gasteiger partial charge < -0.3 is 14.4 Å². The summed E-state index contributed by atoms with van der Waals surface area (Å²) in [6.45, 7) is 1.04. The maximum absolute atomic E-state index is 5.51. The number of ether oxygens (including phenoxy) is 2. The number of benzene rings is 2. The zero-order valence-electron chi connectivity index (χ0n) is 10.5. The molecule has 0 spiro atoms. The van der Waals surface area contributed by atoms with Crippen molar-refractivity contribution in [3.63, 3.8) is 0 Å². The van der Waals surface area contributed by atoms with E-state index in [1.165, 1.54) is 5.56 Å². The first-order chi connectivity index (χ1) is 9.43. The van der Waals surface area contributed by atoms with Gasteiger partial charge in [-0.1, -0.05) is 48.5 Å². The highest BCUT2D eigenvalue weighted by Crippen LogP contribution is 2.24. The maximum Gasteiger partial charge on any atom is 0.233 e. The van der Waals surface area contributed by atoms with Crippen molar-refractivity contribution in [3.8, 4) is 0 Å². The van der Waals surface area contributed by atoms with Crippen molar-refractivity contribution in [2.75, 3.05) is 11.7 Å². The molecule has 0 atom stereocenters. The van der Waals surface area contributed by atoms with Gasteiger partial charge in [-0.3, -0.25) is 0 Å². The Balaban J connectivity index is 1.89. The van der Waals surface area contributed by atoms with E-state index in [0.29, 0.717) is 0 Å². The predicted molar refractivity (Wildman–Crippen MR) is 74.2 cm³/mol. The molecule has 0 radical (unpaired) electrons. The van der Waals surface area contributed by atoms with Crippen molar-refractivity contribution >= 4 is 5.69 Å². The van der Waals surface area contributed by atoms with E-state index in [4.69, 9.17) is 9.47 Å². The predicted octanol–water partition coefficient (Wildman–Crippen LogP) is 3.50. The van der Waals surface area contributed by atoms with Crippen LogP contribution in [0.25, 0.3) is 0 Å². The van der Waals surface area contributed by atoms with Crippen molar-refractivity contribution in [2.24, 2.45) is 0 Å². The molecular formula is C16H15NO2. The van der Waals surface area contributed by atoms with Crippen LogP contribution >= 0.6 is 0 Å². The molecule has 2 aromatic carbocycles. The summed E-state index contributed by atoms with van der Waals surface area (Å²) in [5, 5.41) is 0. The minimum absolute atomic E-state index is 0.285. The Bertz CT molecular complexity index is 551. The van der Waals surface area contributed by atoms with Crippen molar-refractivity contribution in [1.29, 1.82) is 0 Å². The molecule has 3 rings (SSSR count). The van der Waals surface area contributed by atoms with Crippen molar-refractivity contribution in [1.82, 2.24) is 0 Å². The monoisotopic (exact) mass is 253 g/mol. The first kappa shape index (κ1) is 11.7. The fraction of sp³-hybridized carbons (Fsp3) is 0.125. The molecule has 2 aromatic rings. The summed E-state index contributed by atoms with van der Waals surface area (Å²) in [4.78, 5) is 2.10. The van der Waals surface area contributed by atoms with E-state index in [-0.39, 0.29) is 6.79 Å². The lowest BCUT2D eigenvalue weighted by Crippen LogP contribution is -2.22. The number of nitrogens with zero attached hydrogens (tertiary/aromatic N) is 1. The Labute approximate surface area is 112 Å². The lowest BCUT2D eigenvalue weighted by molar-refractivity contribution is 0.0782. The largest absolute Gasteiger partial charge is 0.459 e. The number of hydrogen-bond donors (Lipinski definition) is 0. The molecule has 1 aliphatic rings. The van der Waals surface area contributed by atoms with Gasteiger partial charge >= 0.3 is 0 Å². The van der Waals surface area contributed by atoms with Gasteiger partial charge in [-0.2, -0.15) is 0 Å². The minimum atomic E-state index is 0.285. The fourth-order valence-electron chi connectivity index (χ4n) is 2.05. The lowest BCUT2D eigenvalue weighted by Gasteiger charge is -2.23. The van der Waals surface area contributed by atoms with E-state index in [0.717, 1.165) is 18.1 Å². The third-order valence-corrected chi connectivity index (χ3v) is 2.98. The summed E-state index contributed by atoms with van der Waals surface area (Å²) >= 11 is 0. The highest BCUT2D eigenvalue weighted by Gasteiger charge is 2.17. The van der Waals surface area contributed by atoms with Crippen LogP contribution in [0.3, 0.4) is 0 Å². The second-order valence-corrected chi connectivity index (χ2v) is 4.29. The summed E-state index contributed by atoms with van der Waals surface area (Å²) < 4.78 is 10.7. The topological polar surface area (TPSA) is 21.7 Å². The van der Waals surface area contributed by atoms with E-state index < -0.39 is 0 Å². The first-order valence-corrected chi connectivity index (χ1v) is 6.24. The number of hydrogen-bond acceptors (Lipinski definition) is 3. The van der Waals surface area contributed by atoms with Crippen LogP contribution in [-0.4, -0.2) is 6.79 Å². The zero-order valence-corrected chi connectivity index (χ0v) is 10.5. The van der Waals surface area contributed by atoms with E-state index in [1.807, 2.05) is 36.4 Å². The summed E-state index contributed by atoms with van der Waals surface area (Å²) in [5.74, 6) is 0.745. The van der Waals surface area contributed by atoms with Crippen molar-refractivity contribution in [2.45, 2.75) is 6.54 Å². The average molecular weight is 253 g/mol. The Morgan fingerprint density at radius 1 is 0.895 bits per heavy atom. The molecule has 0 unspecified atom stereocenters. The molecule has 1 heterocycles. The molecule has 0 saturated heterocycles. The Kier molecular flexibility index (Phi) is 3.36. The molecule has 3 heteroatoms. The van der Waals surface area contributed by atoms with E-state index in [9.17, 15) is 0 Å². The second kappa shape index (κ2) is 5.48. The average Bonchev–Trinajstić information content (AvgIpc) is 3.01. The molecule has 0 amide bonds. The quantitative estimate of drug-likeness (QED) is 0.832. The van der Waals surface area contributed by atoms with Gasteiger partial charge in [0.25, 0.3) is 0 Å². The van der Waals surface area contributed by atoms with Gasteiger partial charge in [0, 0.05) is 5.69 Å². The summed E-state index contributed by atoms with van der Waals surface area (Å²) in [5.41, 5.74) is 2.31. The summed E-state index contributed by atoms with van der Waals surface area (Å²) in [6, 6.07) is 20.5. The van der Waals surface area contributed by atoms with Gasteiger partial charge in [-0.25, -0.2) is 0 Å². The van der Waals surface area contributed by atoms with Crippen LogP contribution in [0.2, 0.25) is 0 Å². The maximum atomic E-state index is 5.51. The Morgan fingerprint density at radius 2 is 1.58 bits per heavy atom. The van der Waals surface area contributed by atoms with E-state index in [1.54, 1.807) is 6.26 Å². The molecule has 96 valence electrons. The van der Waals surface area contributed by atoms with Crippen LogP contribution in [0.5, 0.6) is 0 Å². The molecule has 1 aliphatic heterocycles. The van der Waals surface area contributed by atoms with Gasteiger partial charge in [0.1, 0.15) is 6.26 Å². The van der Waals surface area contributed by atoms with E-state index in [2.05, 4.69) is 29.2 Å². The van der Waals surface area contributed by atoms with Crippen LogP contribution in [-0.2, 0) is 16.0 Å². The van der Waals surface area contributed by atoms with Crippen LogP contribution in [0.1, 0.15) is 5.56 Å². The highest BCUT2D eigenvalue weighted by atomic mass is 16.7. The molecule has 0 bridgehead atoms. The molecule has 0 saturated carbocycles. The summed E-state index contributed by atoms with van der Waals surface area (Å²) in [7, 11) is 0. The van der Waals surface area contributed by atoms with Gasteiger partial charge in [0.05, 0.1) is 6.54 Å². The van der Waals surface area contributed by atoms with Crippen LogP contribution in [0.4, 0.5) is 5.69 Å². The molecular weight excluding hydrogens is 238 g/mol. The van der Waals surface area contributed by atoms with Gasteiger partial charge in [-0.05, 0) is 17.7 Å². The SMILES string of the molecule is C1=C(N(Cc2ccccc2)c2ccccc2)OCO1. The molecule has 0 aromatic heterocycles. The van der Waals surface area contributed by atoms with Crippen molar-refractivity contribution < 1.29 is 9.47 Å². The van der Waals surface area contributed by atoms with Crippen LogP contribution in [0.15, 0.2) is 72.8 Å². The van der Waals surface area contributed by atoms with Crippen LogP contribution in [0, 0.1) is 0 Å². The molecule has 19 heavy (non-hydrogen) atoms. The molecule has 0 N–H and O–H groups in total. The lowest BCUT2D eigenvalue weighted by atomic mass is 10.2. The Morgan fingerprint density at radius 3 is 2.21 bits per heavy atom. The normalized spacial score (nSPS) is 13.4. The molecule has 0 fully saturated rings. The van der Waals surface area contributed by atoms with Crippen LogP contribution < -0.4 is 4.90 Å². The smallest absolute Gasteiger partial charge is 0.233 e. The number of anilines is 1. The van der Waals surface area contributed by atoms with Gasteiger partial charge in [0.15, 0.2) is 0 Å². The molecule has 0 aliphatic carbocycles. The van der Waals surface area contributed by atoms with Crippen molar-refractivity contribution in [3.05, 3.63) is 78.4 Å². The molecule has 3 nitrogen and oxygen atoms in total. The first-order valence-electron chi connectivity index (χ1n) is 6.24. The fourth-order valence-corrected chi connectivity index (χ4v) is 2.05. The second-order valence-electron chi connectivity index (χ2n) is 4.29. The van der Waals surface area contributed by atoms with Gasteiger partial charge in [-0.15, -0.1) is 0 Å². The number of rotatable bonds is 4.